The van der Waals surface area contributed by atoms with E-state index in [-0.39, 0.29) is 12.2 Å². The number of nitrogens with one attached hydrogen (secondary N) is 1. The molecule has 0 aliphatic carbocycles. The van der Waals surface area contributed by atoms with Crippen molar-refractivity contribution in [1.82, 2.24) is 10.2 Å². The van der Waals surface area contributed by atoms with E-state index >= 15 is 0 Å². The Bertz CT molecular complexity index is 1020. The third-order valence-electron chi connectivity index (χ3n) is 7.15. The Labute approximate surface area is 193 Å². The van der Waals surface area contributed by atoms with E-state index in [4.69, 9.17) is 25.8 Å². The van der Waals surface area contributed by atoms with Crippen LogP contribution >= 0.6 is 11.6 Å². The zero-order valence-corrected chi connectivity index (χ0v) is 19.3. The van der Waals surface area contributed by atoms with Gasteiger partial charge in [-0.05, 0) is 68.6 Å². The topological polar surface area (TPSA) is 60.0 Å². The molecule has 6 rings (SSSR count). The first-order valence-electron chi connectivity index (χ1n) is 11.3. The zero-order valence-electron chi connectivity index (χ0n) is 18.5. The van der Waals surface area contributed by atoms with Gasteiger partial charge < -0.3 is 19.5 Å². The van der Waals surface area contributed by atoms with Gasteiger partial charge in [-0.25, -0.2) is 4.79 Å². The predicted molar refractivity (Wildman–Crippen MR) is 123 cm³/mol. The lowest BCUT2D eigenvalue weighted by molar-refractivity contribution is -0.0358. The summed E-state index contributed by atoms with van der Waals surface area (Å²) in [5.41, 5.74) is 2.19. The maximum atomic E-state index is 12.9. The van der Waals surface area contributed by atoms with Gasteiger partial charge in [-0.2, -0.15) is 0 Å². The van der Waals surface area contributed by atoms with Crippen molar-refractivity contribution < 1.29 is 19.0 Å². The van der Waals surface area contributed by atoms with E-state index in [9.17, 15) is 4.79 Å². The molecule has 0 spiro atoms. The summed E-state index contributed by atoms with van der Waals surface area (Å²) < 4.78 is 17.2. The highest BCUT2D eigenvalue weighted by atomic mass is 35.5. The number of fused-ring (bicyclic) bond motifs is 4. The fraction of sp³-hybridized carbons (Fsp3) is 0.480. The number of benzene rings is 2. The number of alkyl carbamates (subject to hydrolysis) is 1. The fourth-order valence-electron chi connectivity index (χ4n) is 5.18. The molecule has 3 saturated heterocycles. The number of methoxy groups -OCH3 is 1. The van der Waals surface area contributed by atoms with Gasteiger partial charge in [0.1, 0.15) is 17.6 Å². The lowest BCUT2D eigenvalue weighted by Gasteiger charge is -2.44. The molecule has 1 N–H and O–H groups in total. The number of nitrogens with zero attached hydrogens (tertiary/aromatic N) is 1. The number of hydrogen-bond acceptors (Lipinski definition) is 5. The van der Waals surface area contributed by atoms with Crippen LogP contribution in [0.2, 0.25) is 5.02 Å². The second-order valence-corrected chi connectivity index (χ2v) is 9.60. The Morgan fingerprint density at radius 2 is 2.03 bits per heavy atom. The summed E-state index contributed by atoms with van der Waals surface area (Å²) in [6.07, 6.45) is 2.54. The van der Waals surface area contributed by atoms with Crippen molar-refractivity contribution in [1.29, 1.82) is 0 Å². The number of piperidine rings is 3. The van der Waals surface area contributed by atoms with Crippen LogP contribution in [0.5, 0.6) is 11.5 Å². The molecule has 0 radical (unpaired) electrons. The molecule has 4 aliphatic heterocycles. The van der Waals surface area contributed by atoms with Crippen molar-refractivity contribution in [2.24, 2.45) is 5.92 Å². The van der Waals surface area contributed by atoms with Crippen molar-refractivity contribution in [2.45, 2.75) is 37.8 Å². The minimum absolute atomic E-state index is 0.0158. The molecule has 0 aromatic heterocycles. The van der Waals surface area contributed by atoms with Crippen molar-refractivity contribution in [2.75, 3.05) is 33.4 Å². The smallest absolute Gasteiger partial charge is 0.408 e. The van der Waals surface area contributed by atoms with Crippen LogP contribution in [-0.2, 0) is 10.3 Å². The maximum Gasteiger partial charge on any atom is 0.408 e. The van der Waals surface area contributed by atoms with Gasteiger partial charge in [-0.15, -0.1) is 0 Å². The van der Waals surface area contributed by atoms with Gasteiger partial charge in [0, 0.05) is 29.1 Å². The third kappa shape index (κ3) is 4.02. The van der Waals surface area contributed by atoms with Gasteiger partial charge in [0.2, 0.25) is 0 Å². The van der Waals surface area contributed by atoms with Crippen molar-refractivity contribution in [3.63, 3.8) is 0 Å². The Balaban J connectivity index is 1.35. The second kappa shape index (κ2) is 8.49. The first kappa shape index (κ1) is 21.4. The van der Waals surface area contributed by atoms with E-state index in [1.54, 1.807) is 7.11 Å². The minimum Gasteiger partial charge on any atom is -0.497 e. The summed E-state index contributed by atoms with van der Waals surface area (Å²) in [7, 11) is 1.63. The molecule has 2 aromatic carbocycles. The third-order valence-corrected chi connectivity index (χ3v) is 7.48. The summed E-state index contributed by atoms with van der Waals surface area (Å²) in [5.74, 6) is 1.97. The van der Waals surface area contributed by atoms with Crippen molar-refractivity contribution in [3.8, 4) is 22.6 Å². The van der Waals surface area contributed by atoms with Gasteiger partial charge >= 0.3 is 6.09 Å². The number of ether oxygens (including phenoxy) is 3. The van der Waals surface area contributed by atoms with E-state index < -0.39 is 5.54 Å². The Morgan fingerprint density at radius 1 is 1.22 bits per heavy atom. The number of carbonyl (C=O) groups excluding carboxylic acids is 1. The van der Waals surface area contributed by atoms with Crippen molar-refractivity contribution >= 4 is 17.7 Å². The molecule has 3 fully saturated rings. The van der Waals surface area contributed by atoms with Crippen molar-refractivity contribution in [3.05, 3.63) is 47.0 Å². The molecular weight excluding hydrogens is 428 g/mol. The number of carbonyl (C=O) groups is 1. The van der Waals surface area contributed by atoms with E-state index in [2.05, 4.69) is 10.2 Å². The number of hydrogen-bond donors (Lipinski definition) is 1. The van der Waals surface area contributed by atoms with Gasteiger partial charge in [-0.3, -0.25) is 4.90 Å². The Kier molecular flexibility index (Phi) is 5.68. The standard InChI is InChI=1S/C25H29ClN2O4/c1-25(27-24(29)32-23-15-28-10-7-16(23)8-11-28)9-12-31-22-13-17(3-5-20(22)25)19-14-18(30-2)4-6-21(19)26/h3-6,13-14,16,23H,7-12,15H2,1-2H3,(H,27,29)/t23-,25?/m1/s1. The number of amides is 1. The molecule has 2 atom stereocenters. The lowest BCUT2D eigenvalue weighted by atomic mass is 9.85. The first-order valence-corrected chi connectivity index (χ1v) is 11.7. The number of halogens is 1. The predicted octanol–water partition coefficient (Wildman–Crippen LogP) is 4.83. The molecular formula is C25H29ClN2O4. The summed E-state index contributed by atoms with van der Waals surface area (Å²) in [6.45, 7) is 5.63. The fourth-order valence-corrected chi connectivity index (χ4v) is 5.41. The molecule has 32 heavy (non-hydrogen) atoms. The van der Waals surface area contributed by atoms with Crippen LogP contribution in [0.25, 0.3) is 11.1 Å². The highest BCUT2D eigenvalue weighted by molar-refractivity contribution is 6.33. The highest BCUT2D eigenvalue weighted by Crippen LogP contribution is 2.41. The summed E-state index contributed by atoms with van der Waals surface area (Å²) in [5, 5.41) is 3.78. The van der Waals surface area contributed by atoms with Crippen LogP contribution in [0.1, 0.15) is 31.7 Å². The number of rotatable bonds is 4. The molecule has 4 heterocycles. The van der Waals surface area contributed by atoms with Crippen LogP contribution in [0.4, 0.5) is 4.79 Å². The molecule has 0 saturated carbocycles. The van der Waals surface area contributed by atoms with Gasteiger partial charge in [-0.1, -0.05) is 23.7 Å². The highest BCUT2D eigenvalue weighted by Gasteiger charge is 2.39. The summed E-state index contributed by atoms with van der Waals surface area (Å²) >= 11 is 6.44. The zero-order chi connectivity index (χ0) is 22.3. The molecule has 170 valence electrons. The second-order valence-electron chi connectivity index (χ2n) is 9.19. The van der Waals surface area contributed by atoms with Gasteiger partial charge in [0.25, 0.3) is 0 Å². The normalized spacial score (nSPS) is 28.4. The quantitative estimate of drug-likeness (QED) is 0.713. The van der Waals surface area contributed by atoms with Crippen LogP contribution in [0.3, 0.4) is 0 Å². The first-order chi connectivity index (χ1) is 15.4. The largest absolute Gasteiger partial charge is 0.497 e. The Morgan fingerprint density at radius 3 is 2.75 bits per heavy atom. The van der Waals surface area contributed by atoms with E-state index in [0.29, 0.717) is 24.0 Å². The SMILES string of the molecule is COc1ccc(Cl)c(-c2ccc3c(c2)OCCC3(C)NC(=O)O[C@@H]2CN3CCC2CC3)c1. The van der Waals surface area contributed by atoms with Crippen LogP contribution in [-0.4, -0.2) is 50.4 Å². The monoisotopic (exact) mass is 456 g/mol. The van der Waals surface area contributed by atoms with E-state index in [0.717, 1.165) is 60.7 Å². The maximum absolute atomic E-state index is 12.9. The molecule has 2 bridgehead atoms. The molecule has 4 aliphatic rings. The van der Waals surface area contributed by atoms with Crippen LogP contribution in [0, 0.1) is 5.92 Å². The minimum atomic E-state index is -0.560. The average molecular weight is 457 g/mol. The average Bonchev–Trinajstić information content (AvgIpc) is 2.80. The van der Waals surface area contributed by atoms with Gasteiger partial charge in [0.15, 0.2) is 0 Å². The molecule has 6 nitrogen and oxygen atoms in total. The summed E-state index contributed by atoms with van der Waals surface area (Å²) in [6, 6.07) is 11.6. The van der Waals surface area contributed by atoms with E-state index in [1.165, 1.54) is 0 Å². The Hall–Kier alpha value is -2.44. The van der Waals surface area contributed by atoms with Gasteiger partial charge in [0.05, 0.1) is 19.3 Å². The molecule has 1 unspecified atom stereocenters. The lowest BCUT2D eigenvalue weighted by Crippen LogP contribution is -2.54. The summed E-state index contributed by atoms with van der Waals surface area (Å²) in [4.78, 5) is 15.2. The van der Waals surface area contributed by atoms with E-state index in [1.807, 2.05) is 43.3 Å². The van der Waals surface area contributed by atoms with Crippen LogP contribution in [0.15, 0.2) is 36.4 Å². The molecule has 1 amide bonds. The van der Waals surface area contributed by atoms with Crippen LogP contribution < -0.4 is 14.8 Å². The molecule has 7 heteroatoms. The molecule has 2 aromatic rings.